The predicted octanol–water partition coefficient (Wildman–Crippen LogP) is 1.73. The molecule has 0 radical (unpaired) electrons. The second-order valence-electron chi connectivity index (χ2n) is 3.90. The fourth-order valence-electron chi connectivity index (χ4n) is 1.69. The van der Waals surface area contributed by atoms with E-state index in [1.54, 1.807) is 6.92 Å². The molecule has 2 aromatic heterocycles. The first-order chi connectivity index (χ1) is 9.67. The van der Waals surface area contributed by atoms with Crippen molar-refractivity contribution < 1.29 is 18.7 Å². The summed E-state index contributed by atoms with van der Waals surface area (Å²) in [5, 5.41) is 4.12. The van der Waals surface area contributed by atoms with Crippen molar-refractivity contribution >= 4 is 5.97 Å². The van der Waals surface area contributed by atoms with Crippen LogP contribution in [0.25, 0.3) is 5.82 Å². The van der Waals surface area contributed by atoms with Crippen LogP contribution in [0.3, 0.4) is 0 Å². The molecule has 0 atom stereocenters. The molecule has 7 heteroatoms. The van der Waals surface area contributed by atoms with Crippen LogP contribution in [0.1, 0.15) is 23.0 Å². The number of hydrogen-bond acceptors (Lipinski definition) is 5. The number of nitrogens with zero attached hydrogens (tertiary/aromatic N) is 3. The molecule has 0 aromatic carbocycles. The van der Waals surface area contributed by atoms with Crippen LogP contribution in [-0.2, 0) is 16.1 Å². The summed E-state index contributed by atoms with van der Waals surface area (Å²) in [6, 6.07) is 2.74. The molecular formula is C13H14FN3O3. The highest BCUT2D eigenvalue weighted by Crippen LogP contribution is 2.15. The minimum absolute atomic E-state index is 0.0143. The summed E-state index contributed by atoms with van der Waals surface area (Å²) in [7, 11) is 1.48. The Morgan fingerprint density at radius 3 is 2.95 bits per heavy atom. The third-order valence-electron chi connectivity index (χ3n) is 2.52. The second kappa shape index (κ2) is 6.25. The maximum atomic E-state index is 13.7. The maximum absolute atomic E-state index is 13.7. The largest absolute Gasteiger partial charge is 0.462 e. The highest BCUT2D eigenvalue weighted by molar-refractivity contribution is 5.90. The van der Waals surface area contributed by atoms with Crippen LogP contribution in [-0.4, -0.2) is 34.5 Å². The summed E-state index contributed by atoms with van der Waals surface area (Å²) in [5.74, 6) is -1.04. The minimum Gasteiger partial charge on any atom is -0.462 e. The molecule has 6 nitrogen and oxygen atoms in total. The molecule has 2 rings (SSSR count). The van der Waals surface area contributed by atoms with Gasteiger partial charge in [-0.3, -0.25) is 0 Å². The number of aromatic nitrogens is 3. The Morgan fingerprint density at radius 1 is 1.50 bits per heavy atom. The molecule has 2 heterocycles. The summed E-state index contributed by atoms with van der Waals surface area (Å²) in [5.41, 5.74) is 0.606. The van der Waals surface area contributed by atoms with Crippen LogP contribution in [0, 0.1) is 5.82 Å². The van der Waals surface area contributed by atoms with Crippen LogP contribution in [0.15, 0.2) is 24.5 Å². The quantitative estimate of drug-likeness (QED) is 0.780. The van der Waals surface area contributed by atoms with E-state index in [9.17, 15) is 9.18 Å². The van der Waals surface area contributed by atoms with Crippen molar-refractivity contribution in [3.05, 3.63) is 41.6 Å². The summed E-state index contributed by atoms with van der Waals surface area (Å²) in [4.78, 5) is 15.7. The molecule has 0 bridgehead atoms. The lowest BCUT2D eigenvalue weighted by Crippen LogP contribution is -2.07. The molecule has 0 N–H and O–H groups in total. The molecule has 0 aliphatic carbocycles. The SMILES string of the molecule is CCOC(=O)c1cn(-c2ncccc2F)nc1COC. The molecule has 0 unspecified atom stereocenters. The van der Waals surface area contributed by atoms with Gasteiger partial charge in [0, 0.05) is 19.5 Å². The molecule has 0 amide bonds. The predicted molar refractivity (Wildman–Crippen MR) is 68.0 cm³/mol. The Balaban J connectivity index is 2.44. The first-order valence-corrected chi connectivity index (χ1v) is 6.02. The van der Waals surface area contributed by atoms with Gasteiger partial charge < -0.3 is 9.47 Å². The summed E-state index contributed by atoms with van der Waals surface area (Å²) in [6.45, 7) is 2.07. The highest BCUT2D eigenvalue weighted by Gasteiger charge is 2.19. The fraction of sp³-hybridized carbons (Fsp3) is 0.308. The van der Waals surface area contributed by atoms with Gasteiger partial charge in [0.15, 0.2) is 11.6 Å². The van der Waals surface area contributed by atoms with Crippen LogP contribution < -0.4 is 0 Å². The zero-order valence-electron chi connectivity index (χ0n) is 11.2. The van der Waals surface area contributed by atoms with E-state index in [0.29, 0.717) is 5.69 Å². The van der Waals surface area contributed by atoms with Gasteiger partial charge in [0.2, 0.25) is 0 Å². The number of ether oxygens (including phenoxy) is 2. The molecule has 0 spiro atoms. The molecule has 0 aliphatic heterocycles. The van der Waals surface area contributed by atoms with Gasteiger partial charge in [-0.15, -0.1) is 0 Å². The van der Waals surface area contributed by atoms with E-state index in [1.165, 1.54) is 36.3 Å². The van der Waals surface area contributed by atoms with Crippen LogP contribution >= 0.6 is 0 Å². The van der Waals surface area contributed by atoms with Gasteiger partial charge in [0.05, 0.1) is 13.2 Å². The zero-order chi connectivity index (χ0) is 14.5. The van der Waals surface area contributed by atoms with Crippen molar-refractivity contribution in [2.24, 2.45) is 0 Å². The van der Waals surface area contributed by atoms with E-state index in [1.807, 2.05) is 0 Å². The number of carbonyl (C=O) groups is 1. The van der Waals surface area contributed by atoms with Crippen molar-refractivity contribution in [3.63, 3.8) is 0 Å². The first kappa shape index (κ1) is 14.1. The summed E-state index contributed by atoms with van der Waals surface area (Å²) < 4.78 is 24.8. The molecule has 0 saturated heterocycles. The first-order valence-electron chi connectivity index (χ1n) is 6.02. The van der Waals surface area contributed by atoms with Gasteiger partial charge in [-0.25, -0.2) is 18.9 Å². The van der Waals surface area contributed by atoms with E-state index in [4.69, 9.17) is 9.47 Å². The lowest BCUT2D eigenvalue weighted by Gasteiger charge is -2.00. The van der Waals surface area contributed by atoms with Gasteiger partial charge in [0.25, 0.3) is 0 Å². The molecular weight excluding hydrogens is 265 g/mol. The number of rotatable bonds is 5. The van der Waals surface area contributed by atoms with Gasteiger partial charge in [-0.2, -0.15) is 5.10 Å². The third-order valence-corrected chi connectivity index (χ3v) is 2.52. The second-order valence-corrected chi connectivity index (χ2v) is 3.90. The van der Waals surface area contributed by atoms with Gasteiger partial charge in [-0.1, -0.05) is 0 Å². The van der Waals surface area contributed by atoms with Gasteiger partial charge >= 0.3 is 5.97 Å². The van der Waals surface area contributed by atoms with E-state index in [0.717, 1.165) is 0 Å². The zero-order valence-corrected chi connectivity index (χ0v) is 11.2. The van der Waals surface area contributed by atoms with E-state index in [2.05, 4.69) is 10.1 Å². The lowest BCUT2D eigenvalue weighted by molar-refractivity contribution is 0.0521. The summed E-state index contributed by atoms with van der Waals surface area (Å²) in [6.07, 6.45) is 2.83. The average molecular weight is 279 g/mol. The standard InChI is InChI=1S/C13H14FN3O3/c1-3-20-13(18)9-7-17(16-11(9)8-19-2)12-10(14)5-4-6-15-12/h4-7H,3,8H2,1-2H3. The monoisotopic (exact) mass is 279 g/mol. The number of hydrogen-bond donors (Lipinski definition) is 0. The Bertz CT molecular complexity index is 613. The van der Waals surface area contributed by atoms with E-state index in [-0.39, 0.29) is 24.6 Å². The molecule has 0 fully saturated rings. The lowest BCUT2D eigenvalue weighted by atomic mass is 10.2. The van der Waals surface area contributed by atoms with E-state index < -0.39 is 11.8 Å². The van der Waals surface area contributed by atoms with Crippen molar-refractivity contribution in [1.29, 1.82) is 0 Å². The van der Waals surface area contributed by atoms with Gasteiger partial charge in [-0.05, 0) is 19.1 Å². The van der Waals surface area contributed by atoms with E-state index >= 15 is 0 Å². The fourth-order valence-corrected chi connectivity index (χ4v) is 1.69. The number of esters is 1. The number of pyridine rings is 1. The van der Waals surface area contributed by atoms with Crippen molar-refractivity contribution in [2.45, 2.75) is 13.5 Å². The topological polar surface area (TPSA) is 66.2 Å². The average Bonchev–Trinajstić information content (AvgIpc) is 2.84. The summed E-state index contributed by atoms with van der Waals surface area (Å²) >= 11 is 0. The number of carbonyl (C=O) groups excluding carboxylic acids is 1. The Labute approximate surface area is 115 Å². The number of methoxy groups -OCH3 is 1. The van der Waals surface area contributed by atoms with Crippen molar-refractivity contribution in [1.82, 2.24) is 14.8 Å². The molecule has 2 aromatic rings. The Morgan fingerprint density at radius 2 is 2.30 bits per heavy atom. The van der Waals surface area contributed by atoms with Crippen LogP contribution in [0.5, 0.6) is 0 Å². The molecule has 20 heavy (non-hydrogen) atoms. The van der Waals surface area contributed by atoms with Crippen molar-refractivity contribution in [3.8, 4) is 5.82 Å². The molecule has 0 saturated carbocycles. The Hall–Kier alpha value is -2.28. The van der Waals surface area contributed by atoms with Crippen LogP contribution in [0.4, 0.5) is 4.39 Å². The number of halogens is 1. The van der Waals surface area contributed by atoms with Gasteiger partial charge in [0.1, 0.15) is 11.3 Å². The smallest absolute Gasteiger partial charge is 0.341 e. The maximum Gasteiger partial charge on any atom is 0.341 e. The van der Waals surface area contributed by atoms with Crippen LogP contribution in [0.2, 0.25) is 0 Å². The molecule has 106 valence electrons. The minimum atomic E-state index is -0.533. The normalized spacial score (nSPS) is 10.6. The third kappa shape index (κ3) is 2.83. The highest BCUT2D eigenvalue weighted by atomic mass is 19.1. The molecule has 0 aliphatic rings. The Kier molecular flexibility index (Phi) is 4.41. The van der Waals surface area contributed by atoms with Crippen molar-refractivity contribution in [2.75, 3.05) is 13.7 Å².